The van der Waals surface area contributed by atoms with Crippen LogP contribution in [-0.4, -0.2) is 37.5 Å². The summed E-state index contributed by atoms with van der Waals surface area (Å²) in [5, 5.41) is 8.51. The largest absolute Gasteiger partial charge is 0.355 e. The van der Waals surface area contributed by atoms with Gasteiger partial charge in [0.1, 0.15) is 0 Å². The van der Waals surface area contributed by atoms with Gasteiger partial charge in [-0.3, -0.25) is 9.59 Å². The van der Waals surface area contributed by atoms with Gasteiger partial charge in [-0.1, -0.05) is 13.3 Å². The second-order valence-corrected chi connectivity index (χ2v) is 4.07. The predicted molar refractivity (Wildman–Crippen MR) is 62.0 cm³/mol. The molecule has 1 rings (SSSR count). The van der Waals surface area contributed by atoms with Crippen molar-refractivity contribution in [2.24, 2.45) is 0 Å². The zero-order valence-electron chi connectivity index (χ0n) is 9.84. The summed E-state index contributed by atoms with van der Waals surface area (Å²) in [6.45, 7) is 3.62. The van der Waals surface area contributed by atoms with Crippen molar-refractivity contribution in [1.29, 1.82) is 0 Å². The fraction of sp³-hybridized carbons (Fsp3) is 0.818. The van der Waals surface area contributed by atoms with Crippen LogP contribution in [0.2, 0.25) is 0 Å². The Morgan fingerprint density at radius 1 is 1.31 bits per heavy atom. The highest BCUT2D eigenvalue weighted by molar-refractivity contribution is 5.87. The van der Waals surface area contributed by atoms with E-state index in [0.29, 0.717) is 6.54 Å². The van der Waals surface area contributed by atoms with Gasteiger partial charge in [0.15, 0.2) is 0 Å². The summed E-state index contributed by atoms with van der Waals surface area (Å²) >= 11 is 0. The number of rotatable bonds is 5. The summed E-state index contributed by atoms with van der Waals surface area (Å²) < 4.78 is 0. The standard InChI is InChI=1S/C11H21N3O2/c1-2-6-13-10(15)8-14-11(16)9-5-3-4-7-12-9/h9,12H,2-8H2,1H3,(H,13,15)(H,14,16)/t9-/m0/s1. The molecule has 3 N–H and O–H groups in total. The first-order valence-electron chi connectivity index (χ1n) is 6.02. The Balaban J connectivity index is 2.15. The zero-order chi connectivity index (χ0) is 11.8. The van der Waals surface area contributed by atoms with Crippen molar-refractivity contribution in [2.45, 2.75) is 38.6 Å². The van der Waals surface area contributed by atoms with Crippen LogP contribution in [0.3, 0.4) is 0 Å². The van der Waals surface area contributed by atoms with Crippen molar-refractivity contribution in [1.82, 2.24) is 16.0 Å². The highest BCUT2D eigenvalue weighted by Gasteiger charge is 2.20. The molecule has 0 aromatic rings. The van der Waals surface area contributed by atoms with Gasteiger partial charge in [-0.2, -0.15) is 0 Å². The fourth-order valence-electron chi connectivity index (χ4n) is 1.69. The lowest BCUT2D eigenvalue weighted by molar-refractivity contribution is -0.127. The van der Waals surface area contributed by atoms with Crippen LogP contribution in [-0.2, 0) is 9.59 Å². The molecule has 1 saturated heterocycles. The van der Waals surface area contributed by atoms with E-state index in [1.54, 1.807) is 0 Å². The van der Waals surface area contributed by atoms with E-state index in [1.807, 2.05) is 6.92 Å². The second kappa shape index (κ2) is 7.22. The van der Waals surface area contributed by atoms with Gasteiger partial charge in [0.05, 0.1) is 12.6 Å². The molecule has 1 aliphatic rings. The molecule has 0 aliphatic carbocycles. The Morgan fingerprint density at radius 3 is 2.75 bits per heavy atom. The van der Waals surface area contributed by atoms with Crippen molar-refractivity contribution in [2.75, 3.05) is 19.6 Å². The van der Waals surface area contributed by atoms with Gasteiger partial charge in [0.25, 0.3) is 0 Å². The van der Waals surface area contributed by atoms with E-state index in [-0.39, 0.29) is 24.4 Å². The van der Waals surface area contributed by atoms with E-state index < -0.39 is 0 Å². The monoisotopic (exact) mass is 227 g/mol. The van der Waals surface area contributed by atoms with Crippen LogP contribution in [0.25, 0.3) is 0 Å². The van der Waals surface area contributed by atoms with E-state index in [9.17, 15) is 9.59 Å². The fourth-order valence-corrected chi connectivity index (χ4v) is 1.69. The Bertz CT molecular complexity index is 237. The molecule has 1 heterocycles. The minimum atomic E-state index is -0.119. The van der Waals surface area contributed by atoms with Crippen LogP contribution in [0.5, 0.6) is 0 Å². The Labute approximate surface area is 96.4 Å². The molecule has 92 valence electrons. The third-order valence-corrected chi connectivity index (χ3v) is 2.62. The van der Waals surface area contributed by atoms with Crippen LogP contribution < -0.4 is 16.0 Å². The molecule has 0 saturated carbocycles. The molecule has 0 aromatic heterocycles. The highest BCUT2D eigenvalue weighted by atomic mass is 16.2. The number of carbonyl (C=O) groups is 2. The first-order chi connectivity index (χ1) is 7.74. The lowest BCUT2D eigenvalue weighted by Gasteiger charge is -2.22. The summed E-state index contributed by atoms with van der Waals surface area (Å²) in [6, 6.07) is -0.118. The molecule has 1 aliphatic heterocycles. The Kier molecular flexibility index (Phi) is 5.85. The van der Waals surface area contributed by atoms with Gasteiger partial charge in [-0.05, 0) is 25.8 Å². The summed E-state index contributed by atoms with van der Waals surface area (Å²) in [4.78, 5) is 22.9. The highest BCUT2D eigenvalue weighted by Crippen LogP contribution is 2.06. The first-order valence-corrected chi connectivity index (χ1v) is 6.02. The van der Waals surface area contributed by atoms with Crippen LogP contribution in [0.4, 0.5) is 0 Å². The Hall–Kier alpha value is -1.10. The van der Waals surface area contributed by atoms with Gasteiger partial charge in [-0.25, -0.2) is 0 Å². The van der Waals surface area contributed by atoms with Crippen molar-refractivity contribution >= 4 is 11.8 Å². The van der Waals surface area contributed by atoms with E-state index in [1.165, 1.54) is 0 Å². The maximum Gasteiger partial charge on any atom is 0.239 e. The molecule has 2 amide bonds. The number of carbonyl (C=O) groups excluding carboxylic acids is 2. The third kappa shape index (κ3) is 4.61. The molecule has 0 spiro atoms. The van der Waals surface area contributed by atoms with Crippen molar-refractivity contribution in [3.8, 4) is 0 Å². The van der Waals surface area contributed by atoms with Crippen molar-refractivity contribution in [3.63, 3.8) is 0 Å². The Morgan fingerprint density at radius 2 is 2.12 bits per heavy atom. The number of hydrogen-bond acceptors (Lipinski definition) is 3. The maximum atomic E-state index is 11.6. The lowest BCUT2D eigenvalue weighted by atomic mass is 10.0. The zero-order valence-corrected chi connectivity index (χ0v) is 9.84. The number of piperidine rings is 1. The first kappa shape index (κ1) is 13.0. The van der Waals surface area contributed by atoms with Gasteiger partial charge in [-0.15, -0.1) is 0 Å². The van der Waals surface area contributed by atoms with Gasteiger partial charge >= 0.3 is 0 Å². The van der Waals surface area contributed by atoms with E-state index >= 15 is 0 Å². The minimum absolute atomic E-state index is 0.0636. The summed E-state index contributed by atoms with van der Waals surface area (Å²) in [6.07, 6.45) is 3.97. The average molecular weight is 227 g/mol. The summed E-state index contributed by atoms with van der Waals surface area (Å²) in [7, 11) is 0. The molecule has 5 heteroatoms. The minimum Gasteiger partial charge on any atom is -0.355 e. The van der Waals surface area contributed by atoms with Crippen molar-refractivity contribution < 1.29 is 9.59 Å². The van der Waals surface area contributed by atoms with Gasteiger partial charge < -0.3 is 16.0 Å². The quantitative estimate of drug-likeness (QED) is 0.607. The number of hydrogen-bond donors (Lipinski definition) is 3. The molecule has 16 heavy (non-hydrogen) atoms. The second-order valence-electron chi connectivity index (χ2n) is 4.07. The van der Waals surface area contributed by atoms with Crippen LogP contribution in [0.15, 0.2) is 0 Å². The number of amides is 2. The van der Waals surface area contributed by atoms with E-state index in [2.05, 4.69) is 16.0 Å². The predicted octanol–water partition coefficient (Wildman–Crippen LogP) is -0.229. The average Bonchev–Trinajstić information content (AvgIpc) is 2.34. The molecule has 0 unspecified atom stereocenters. The molecular formula is C11H21N3O2. The van der Waals surface area contributed by atoms with Crippen molar-refractivity contribution in [3.05, 3.63) is 0 Å². The molecule has 1 fully saturated rings. The number of nitrogens with one attached hydrogen (secondary N) is 3. The molecule has 0 aromatic carbocycles. The SMILES string of the molecule is CCCNC(=O)CNC(=O)[C@@H]1CCCCN1. The van der Waals surface area contributed by atoms with Crippen LogP contribution in [0, 0.1) is 0 Å². The molecule has 0 bridgehead atoms. The third-order valence-electron chi connectivity index (χ3n) is 2.62. The van der Waals surface area contributed by atoms with E-state index in [4.69, 9.17) is 0 Å². The topological polar surface area (TPSA) is 70.2 Å². The summed E-state index contributed by atoms with van der Waals surface area (Å²) in [5.41, 5.74) is 0. The van der Waals surface area contributed by atoms with E-state index in [0.717, 1.165) is 32.2 Å². The van der Waals surface area contributed by atoms with Gasteiger partial charge in [0, 0.05) is 6.54 Å². The molecule has 0 radical (unpaired) electrons. The molecule has 1 atom stereocenters. The van der Waals surface area contributed by atoms with Gasteiger partial charge in [0.2, 0.25) is 11.8 Å². The normalized spacial score (nSPS) is 20.2. The lowest BCUT2D eigenvalue weighted by Crippen LogP contribution is -2.49. The van der Waals surface area contributed by atoms with Crippen LogP contribution >= 0.6 is 0 Å². The molecular weight excluding hydrogens is 206 g/mol. The smallest absolute Gasteiger partial charge is 0.239 e. The molecule has 5 nitrogen and oxygen atoms in total. The van der Waals surface area contributed by atoms with Crippen LogP contribution in [0.1, 0.15) is 32.6 Å². The maximum absolute atomic E-state index is 11.6. The summed E-state index contributed by atoms with van der Waals surface area (Å²) in [5.74, 6) is -0.183.